The standard InChI is InChI=1S/C22H28O5/c1-6-7-14-10-16(23)27-21-15(9-8-11(2)3)20(25)18-19(24)12(4)13(5)26-22(18)17(14)21/h8,12-14,25H,6-7,9-10H2,1-5H3/t12-,13+,14+/m0/s1. The Bertz CT molecular complexity index is 817. The number of carbonyl (C=O) groups excluding carboxylic acids is 2. The van der Waals surface area contributed by atoms with Crippen molar-refractivity contribution in [3.8, 4) is 17.2 Å². The van der Waals surface area contributed by atoms with Crippen LogP contribution in [0.15, 0.2) is 11.6 Å². The Morgan fingerprint density at radius 3 is 2.56 bits per heavy atom. The molecule has 0 saturated heterocycles. The van der Waals surface area contributed by atoms with Gasteiger partial charge in [-0.25, -0.2) is 0 Å². The summed E-state index contributed by atoms with van der Waals surface area (Å²) in [6, 6.07) is 0. The zero-order valence-corrected chi connectivity index (χ0v) is 16.7. The maximum atomic E-state index is 13.0. The van der Waals surface area contributed by atoms with E-state index in [4.69, 9.17) is 9.47 Å². The molecule has 2 aliphatic rings. The normalized spacial score (nSPS) is 23.8. The molecule has 0 unspecified atom stereocenters. The van der Waals surface area contributed by atoms with Crippen molar-refractivity contribution in [2.45, 2.75) is 72.3 Å². The van der Waals surface area contributed by atoms with Crippen molar-refractivity contribution in [3.63, 3.8) is 0 Å². The molecule has 0 aliphatic carbocycles. The lowest BCUT2D eigenvalue weighted by Gasteiger charge is -2.35. The summed E-state index contributed by atoms with van der Waals surface area (Å²) >= 11 is 0. The summed E-state index contributed by atoms with van der Waals surface area (Å²) in [4.78, 5) is 25.2. The Kier molecular flexibility index (Phi) is 5.31. The minimum absolute atomic E-state index is 0.0699. The molecule has 3 atom stereocenters. The molecule has 0 saturated carbocycles. The lowest BCUT2D eigenvalue weighted by atomic mass is 9.80. The van der Waals surface area contributed by atoms with Crippen LogP contribution in [-0.4, -0.2) is 23.0 Å². The monoisotopic (exact) mass is 372 g/mol. The summed E-state index contributed by atoms with van der Waals surface area (Å²) in [6.07, 6.45) is 4.02. The van der Waals surface area contributed by atoms with Gasteiger partial charge in [-0.2, -0.15) is 0 Å². The second kappa shape index (κ2) is 7.37. The highest BCUT2D eigenvalue weighted by Crippen LogP contribution is 2.53. The Labute approximate surface area is 160 Å². The molecule has 0 spiro atoms. The maximum absolute atomic E-state index is 13.0. The minimum atomic E-state index is -0.339. The Morgan fingerprint density at radius 2 is 1.93 bits per heavy atom. The Hall–Kier alpha value is -2.30. The molecule has 3 rings (SSSR count). The number of fused-ring (bicyclic) bond motifs is 3. The van der Waals surface area contributed by atoms with Gasteiger partial charge in [-0.05, 0) is 33.6 Å². The molecule has 0 amide bonds. The van der Waals surface area contributed by atoms with Crippen LogP contribution in [0.4, 0.5) is 0 Å². The molecule has 2 aliphatic heterocycles. The number of ketones is 1. The van der Waals surface area contributed by atoms with Crippen LogP contribution in [0.25, 0.3) is 0 Å². The summed E-state index contributed by atoms with van der Waals surface area (Å²) < 4.78 is 11.7. The third-order valence-electron chi connectivity index (χ3n) is 5.57. The van der Waals surface area contributed by atoms with E-state index in [0.29, 0.717) is 23.5 Å². The number of allylic oxidation sites excluding steroid dienone is 2. The van der Waals surface area contributed by atoms with Crippen LogP contribution < -0.4 is 9.47 Å². The summed E-state index contributed by atoms with van der Waals surface area (Å²) in [5, 5.41) is 11.0. The van der Waals surface area contributed by atoms with E-state index in [-0.39, 0.29) is 47.4 Å². The van der Waals surface area contributed by atoms with Gasteiger partial charge in [-0.1, -0.05) is 31.9 Å². The molecule has 5 heteroatoms. The van der Waals surface area contributed by atoms with Crippen molar-refractivity contribution in [1.82, 2.24) is 0 Å². The van der Waals surface area contributed by atoms with Crippen LogP contribution in [0, 0.1) is 5.92 Å². The fourth-order valence-corrected chi connectivity index (χ4v) is 3.88. The van der Waals surface area contributed by atoms with Crippen LogP contribution in [-0.2, 0) is 11.2 Å². The van der Waals surface area contributed by atoms with E-state index < -0.39 is 0 Å². The maximum Gasteiger partial charge on any atom is 0.311 e. The number of ether oxygens (including phenoxy) is 2. The van der Waals surface area contributed by atoms with Gasteiger partial charge in [-0.3, -0.25) is 9.59 Å². The van der Waals surface area contributed by atoms with Crippen LogP contribution in [0.2, 0.25) is 0 Å². The first-order chi connectivity index (χ1) is 12.8. The van der Waals surface area contributed by atoms with Gasteiger partial charge >= 0.3 is 5.97 Å². The number of phenolic OH excluding ortho intramolecular Hbond substituents is 1. The van der Waals surface area contributed by atoms with E-state index in [2.05, 4.69) is 6.92 Å². The Balaban J connectivity index is 2.31. The molecule has 1 N–H and O–H groups in total. The summed E-state index contributed by atoms with van der Waals surface area (Å²) in [6.45, 7) is 9.66. The molecule has 0 radical (unpaired) electrons. The molecule has 1 aromatic rings. The number of esters is 1. The highest BCUT2D eigenvalue weighted by atomic mass is 16.5. The molecule has 146 valence electrons. The molecule has 1 aromatic carbocycles. The number of benzene rings is 1. The number of hydrogen-bond donors (Lipinski definition) is 1. The lowest BCUT2D eigenvalue weighted by Crippen LogP contribution is -2.35. The highest BCUT2D eigenvalue weighted by Gasteiger charge is 2.42. The van der Waals surface area contributed by atoms with Crippen molar-refractivity contribution in [2.24, 2.45) is 5.92 Å². The quantitative estimate of drug-likeness (QED) is 0.471. The van der Waals surface area contributed by atoms with Crippen molar-refractivity contribution in [1.29, 1.82) is 0 Å². The van der Waals surface area contributed by atoms with Crippen molar-refractivity contribution in [3.05, 3.63) is 28.3 Å². The predicted molar refractivity (Wildman–Crippen MR) is 103 cm³/mol. The first kappa shape index (κ1) is 19.5. The first-order valence-electron chi connectivity index (χ1n) is 9.72. The molecule has 2 heterocycles. The van der Waals surface area contributed by atoms with E-state index in [9.17, 15) is 14.7 Å². The van der Waals surface area contributed by atoms with Crippen LogP contribution in [0.5, 0.6) is 17.2 Å². The lowest BCUT2D eigenvalue weighted by molar-refractivity contribution is -0.136. The molecule has 5 nitrogen and oxygen atoms in total. The van der Waals surface area contributed by atoms with Gasteiger partial charge in [0.2, 0.25) is 0 Å². The van der Waals surface area contributed by atoms with Gasteiger partial charge in [-0.15, -0.1) is 0 Å². The second-order valence-electron chi connectivity index (χ2n) is 7.90. The molecular formula is C22H28O5. The van der Waals surface area contributed by atoms with E-state index in [0.717, 1.165) is 24.0 Å². The van der Waals surface area contributed by atoms with E-state index in [1.807, 2.05) is 33.8 Å². The van der Waals surface area contributed by atoms with Gasteiger partial charge in [0.15, 0.2) is 5.78 Å². The van der Waals surface area contributed by atoms with Crippen LogP contribution >= 0.6 is 0 Å². The smallest absolute Gasteiger partial charge is 0.311 e. The number of hydrogen-bond acceptors (Lipinski definition) is 5. The topological polar surface area (TPSA) is 72.8 Å². The zero-order chi connectivity index (χ0) is 19.9. The van der Waals surface area contributed by atoms with Crippen LogP contribution in [0.1, 0.15) is 81.3 Å². The predicted octanol–water partition coefficient (Wildman–Crippen LogP) is 4.69. The SMILES string of the molecule is CCC[C@@H]1CC(=O)Oc2c(CC=C(C)C)c(O)c3c(c21)O[C@H](C)[C@H](C)C3=O. The van der Waals surface area contributed by atoms with Gasteiger partial charge in [0, 0.05) is 17.0 Å². The summed E-state index contributed by atoms with van der Waals surface area (Å²) in [5.41, 5.74) is 2.60. The number of rotatable bonds is 4. The molecule has 0 aromatic heterocycles. The van der Waals surface area contributed by atoms with Gasteiger partial charge in [0.1, 0.15) is 28.9 Å². The van der Waals surface area contributed by atoms with Gasteiger partial charge in [0.05, 0.1) is 12.3 Å². The summed E-state index contributed by atoms with van der Waals surface area (Å²) in [7, 11) is 0. The van der Waals surface area contributed by atoms with Crippen molar-refractivity contribution >= 4 is 11.8 Å². The van der Waals surface area contributed by atoms with E-state index in [1.54, 1.807) is 0 Å². The largest absolute Gasteiger partial charge is 0.507 e. The molecule has 0 bridgehead atoms. The van der Waals surface area contributed by atoms with Crippen molar-refractivity contribution in [2.75, 3.05) is 0 Å². The average Bonchev–Trinajstić information content (AvgIpc) is 2.58. The summed E-state index contributed by atoms with van der Waals surface area (Å²) in [5.74, 6) is -0.155. The number of carbonyl (C=O) groups is 2. The van der Waals surface area contributed by atoms with E-state index in [1.165, 1.54) is 0 Å². The Morgan fingerprint density at radius 1 is 1.22 bits per heavy atom. The minimum Gasteiger partial charge on any atom is -0.507 e. The van der Waals surface area contributed by atoms with Crippen molar-refractivity contribution < 1.29 is 24.2 Å². The average molecular weight is 372 g/mol. The number of phenols is 1. The third-order valence-corrected chi connectivity index (χ3v) is 5.57. The highest BCUT2D eigenvalue weighted by molar-refractivity contribution is 6.05. The third kappa shape index (κ3) is 3.35. The first-order valence-corrected chi connectivity index (χ1v) is 9.72. The van der Waals surface area contributed by atoms with Gasteiger partial charge in [0.25, 0.3) is 0 Å². The molecular weight excluding hydrogens is 344 g/mol. The van der Waals surface area contributed by atoms with E-state index >= 15 is 0 Å². The number of aromatic hydroxyl groups is 1. The number of Topliss-reactive ketones (excluding diaryl/α,β-unsaturated/α-hetero) is 1. The second-order valence-corrected chi connectivity index (χ2v) is 7.90. The van der Waals surface area contributed by atoms with Gasteiger partial charge < -0.3 is 14.6 Å². The van der Waals surface area contributed by atoms with Crippen LogP contribution in [0.3, 0.4) is 0 Å². The molecule has 27 heavy (non-hydrogen) atoms. The fraction of sp³-hybridized carbons (Fsp3) is 0.545. The molecule has 0 fully saturated rings. The fourth-order valence-electron chi connectivity index (χ4n) is 3.88. The zero-order valence-electron chi connectivity index (χ0n) is 16.7.